The first-order valence-corrected chi connectivity index (χ1v) is 18.1. The predicted octanol–water partition coefficient (Wildman–Crippen LogP) is 12.1. The monoisotopic (exact) mass is 678 g/mol. The van der Waals surface area contributed by atoms with Crippen LogP contribution >= 0.6 is 0 Å². The Balaban J connectivity index is 1.20. The van der Waals surface area contributed by atoms with Gasteiger partial charge in [0.05, 0.1) is 6.04 Å². The lowest BCUT2D eigenvalue weighted by Gasteiger charge is -2.30. The fourth-order valence-corrected chi connectivity index (χ4v) is 8.09. The summed E-state index contributed by atoms with van der Waals surface area (Å²) in [5.74, 6) is 2.21. The van der Waals surface area contributed by atoms with Gasteiger partial charge in [-0.15, -0.1) is 0 Å². The molecular weight excluding hydrogens is 645 g/mol. The topological polar surface area (TPSA) is 41.9 Å². The van der Waals surface area contributed by atoms with Crippen LogP contribution in [0.5, 0.6) is 0 Å². The lowest BCUT2D eigenvalue weighted by Crippen LogP contribution is -2.28. The van der Waals surface area contributed by atoms with Crippen LogP contribution in [0.25, 0.3) is 67.2 Å². The Morgan fingerprint density at radius 1 is 0.358 bits per heavy atom. The highest BCUT2D eigenvalue weighted by molar-refractivity contribution is 6.05. The maximum Gasteiger partial charge on any atom is 0.164 e. The zero-order chi connectivity index (χ0) is 35.1. The van der Waals surface area contributed by atoms with Gasteiger partial charge in [-0.05, 0) is 51.4 Å². The van der Waals surface area contributed by atoms with E-state index in [1.165, 1.54) is 16.9 Å². The molecule has 4 heteroatoms. The van der Waals surface area contributed by atoms with E-state index >= 15 is 0 Å². The summed E-state index contributed by atoms with van der Waals surface area (Å²) in [5, 5.41) is 2.25. The van der Waals surface area contributed by atoms with E-state index in [0.29, 0.717) is 23.4 Å². The van der Waals surface area contributed by atoms with Crippen LogP contribution in [-0.2, 0) is 0 Å². The number of fused-ring (bicyclic) bond motifs is 4. The number of nitrogens with zero attached hydrogens (tertiary/aromatic N) is 4. The lowest BCUT2D eigenvalue weighted by molar-refractivity contribution is 0.746. The van der Waals surface area contributed by atoms with E-state index in [4.69, 9.17) is 15.0 Å². The van der Waals surface area contributed by atoms with Crippen LogP contribution in [0.2, 0.25) is 0 Å². The second kappa shape index (κ2) is 13.0. The van der Waals surface area contributed by atoms with E-state index < -0.39 is 0 Å². The van der Waals surface area contributed by atoms with Gasteiger partial charge >= 0.3 is 0 Å². The summed E-state index contributed by atoms with van der Waals surface area (Å²) >= 11 is 0. The maximum atomic E-state index is 5.31. The van der Waals surface area contributed by atoms with Crippen molar-refractivity contribution >= 4 is 22.1 Å². The first kappa shape index (κ1) is 30.9. The van der Waals surface area contributed by atoms with Crippen LogP contribution in [0, 0.1) is 0 Å². The minimum absolute atomic E-state index is 0.200. The molecule has 0 spiro atoms. The standard InChI is InChI=1S/C49H34N4/c1-3-17-33(18-4-1)35-21-7-11-27-41(35)47-50-48(42-28-12-8-22-36(42)34-19-5-2-6-20-34)52-49(51-47)43-31-32-46(38-24-10-9-23-37(38)43)53-44-29-15-13-25-39(44)40-26-14-16-30-45(40)53/h1-32,39,44H. The zero-order valence-electron chi connectivity index (χ0n) is 28.9. The normalized spacial score (nSPS) is 15.7. The number of para-hydroxylation sites is 1. The van der Waals surface area contributed by atoms with Crippen LogP contribution < -0.4 is 4.90 Å². The van der Waals surface area contributed by atoms with Crippen molar-refractivity contribution in [3.05, 3.63) is 200 Å². The molecule has 0 radical (unpaired) electrons. The summed E-state index contributed by atoms with van der Waals surface area (Å²) in [4.78, 5) is 18.4. The molecule has 7 aromatic carbocycles. The van der Waals surface area contributed by atoms with Crippen LogP contribution in [0.15, 0.2) is 194 Å². The zero-order valence-corrected chi connectivity index (χ0v) is 28.9. The summed E-state index contributed by atoms with van der Waals surface area (Å²) in [6, 6.07) is 59.8. The van der Waals surface area contributed by atoms with Crippen LogP contribution in [0.1, 0.15) is 11.5 Å². The molecule has 10 rings (SSSR count). The number of hydrogen-bond donors (Lipinski definition) is 0. The molecule has 1 aliphatic carbocycles. The molecule has 8 aromatic rings. The smallest absolute Gasteiger partial charge is 0.164 e. The van der Waals surface area contributed by atoms with Gasteiger partial charge in [0.1, 0.15) is 0 Å². The molecule has 0 saturated carbocycles. The fraction of sp³-hybridized carbons (Fsp3) is 0.0408. The molecule has 2 aliphatic rings. The van der Waals surface area contributed by atoms with Gasteiger partial charge in [0.2, 0.25) is 0 Å². The summed E-state index contributed by atoms with van der Waals surface area (Å²) in [5.41, 5.74) is 11.0. The molecule has 0 fully saturated rings. The Hall–Kier alpha value is -6.91. The largest absolute Gasteiger partial charge is 0.333 e. The molecule has 4 nitrogen and oxygen atoms in total. The number of hydrogen-bond acceptors (Lipinski definition) is 4. The van der Waals surface area contributed by atoms with Crippen molar-refractivity contribution in [1.29, 1.82) is 0 Å². The number of anilines is 2. The molecule has 1 aromatic heterocycles. The lowest BCUT2D eigenvalue weighted by atomic mass is 9.91. The van der Waals surface area contributed by atoms with Crippen LogP contribution in [0.4, 0.5) is 11.4 Å². The Morgan fingerprint density at radius 3 is 1.49 bits per heavy atom. The first-order chi connectivity index (χ1) is 26.3. The Morgan fingerprint density at radius 2 is 0.849 bits per heavy atom. The SMILES string of the molecule is C1=CC2c3ccccc3N(c3ccc(-c4nc(-c5ccccc5-c5ccccc5)nc(-c5ccccc5-c5ccccc5)n4)c4ccccc34)C2C=C1. The summed E-state index contributed by atoms with van der Waals surface area (Å²) in [6.07, 6.45) is 9.00. The summed E-state index contributed by atoms with van der Waals surface area (Å²) < 4.78 is 0. The van der Waals surface area contributed by atoms with Gasteiger partial charge in [-0.25, -0.2) is 15.0 Å². The fourth-order valence-electron chi connectivity index (χ4n) is 8.09. The van der Waals surface area contributed by atoms with Gasteiger partial charge in [-0.2, -0.15) is 0 Å². The van der Waals surface area contributed by atoms with Crippen LogP contribution in [0.3, 0.4) is 0 Å². The first-order valence-electron chi connectivity index (χ1n) is 18.1. The van der Waals surface area contributed by atoms with Gasteiger partial charge in [0.15, 0.2) is 17.5 Å². The van der Waals surface area contributed by atoms with E-state index in [9.17, 15) is 0 Å². The van der Waals surface area contributed by atoms with Gasteiger partial charge in [0, 0.05) is 39.4 Å². The molecule has 0 saturated heterocycles. The predicted molar refractivity (Wildman–Crippen MR) is 218 cm³/mol. The molecule has 1 aliphatic heterocycles. The quantitative estimate of drug-likeness (QED) is 0.176. The van der Waals surface area contributed by atoms with Gasteiger partial charge in [-0.3, -0.25) is 0 Å². The molecule has 2 heterocycles. The van der Waals surface area contributed by atoms with Gasteiger partial charge in [-0.1, -0.05) is 176 Å². The molecule has 2 unspecified atom stereocenters. The van der Waals surface area contributed by atoms with Gasteiger partial charge in [0.25, 0.3) is 0 Å². The third-order valence-corrected chi connectivity index (χ3v) is 10.5. The van der Waals surface area contributed by atoms with Crippen LogP contribution in [-0.4, -0.2) is 21.0 Å². The van der Waals surface area contributed by atoms with Crippen molar-refractivity contribution in [2.75, 3.05) is 4.90 Å². The second-order valence-electron chi connectivity index (χ2n) is 13.5. The highest BCUT2D eigenvalue weighted by Gasteiger charge is 2.37. The van der Waals surface area contributed by atoms with E-state index in [1.807, 2.05) is 12.1 Å². The summed E-state index contributed by atoms with van der Waals surface area (Å²) in [7, 11) is 0. The van der Waals surface area contributed by atoms with E-state index in [-0.39, 0.29) is 6.04 Å². The third kappa shape index (κ3) is 5.35. The Kier molecular flexibility index (Phi) is 7.58. The molecule has 53 heavy (non-hydrogen) atoms. The third-order valence-electron chi connectivity index (χ3n) is 10.5. The average molecular weight is 679 g/mol. The van der Waals surface area contributed by atoms with E-state index in [2.05, 4.69) is 187 Å². The number of rotatable bonds is 6. The minimum atomic E-state index is 0.200. The van der Waals surface area contributed by atoms with Crippen molar-refractivity contribution in [1.82, 2.24) is 15.0 Å². The molecule has 0 bridgehead atoms. The van der Waals surface area contributed by atoms with E-state index in [0.717, 1.165) is 49.7 Å². The summed E-state index contributed by atoms with van der Waals surface area (Å²) in [6.45, 7) is 0. The van der Waals surface area contributed by atoms with Crippen molar-refractivity contribution < 1.29 is 0 Å². The molecule has 2 atom stereocenters. The average Bonchev–Trinajstić information content (AvgIpc) is 3.58. The Labute approximate surface area is 309 Å². The highest BCUT2D eigenvalue weighted by Crippen LogP contribution is 2.50. The molecular formula is C49H34N4. The minimum Gasteiger partial charge on any atom is -0.333 e. The number of aromatic nitrogens is 3. The number of benzene rings is 7. The molecule has 0 N–H and O–H groups in total. The molecule has 0 amide bonds. The number of allylic oxidation sites excluding steroid dienone is 2. The van der Waals surface area contributed by atoms with Gasteiger partial charge < -0.3 is 4.90 Å². The van der Waals surface area contributed by atoms with Crippen molar-refractivity contribution in [3.8, 4) is 56.4 Å². The van der Waals surface area contributed by atoms with E-state index in [1.54, 1.807) is 0 Å². The van der Waals surface area contributed by atoms with Crippen molar-refractivity contribution in [2.24, 2.45) is 0 Å². The second-order valence-corrected chi connectivity index (χ2v) is 13.5. The maximum absolute atomic E-state index is 5.31. The Bertz CT molecular complexity index is 2600. The van der Waals surface area contributed by atoms with Crippen molar-refractivity contribution in [2.45, 2.75) is 12.0 Å². The highest BCUT2D eigenvalue weighted by atomic mass is 15.2. The molecule has 250 valence electrons. The van der Waals surface area contributed by atoms with Crippen molar-refractivity contribution in [3.63, 3.8) is 0 Å².